The summed E-state index contributed by atoms with van der Waals surface area (Å²) in [6.07, 6.45) is 0. The molecule has 0 atom stereocenters. The second-order valence-electron chi connectivity index (χ2n) is 3.66. The van der Waals surface area contributed by atoms with E-state index in [1.54, 1.807) is 4.98 Å². The van der Waals surface area contributed by atoms with Crippen molar-refractivity contribution in [2.45, 2.75) is 4.90 Å². The molecule has 0 unspecified atom stereocenters. The predicted molar refractivity (Wildman–Crippen MR) is 55.9 cm³/mol. The topological polar surface area (TPSA) is 32.9 Å². The third-order valence-electron chi connectivity index (χ3n) is 2.19. The van der Waals surface area contributed by atoms with E-state index in [0.29, 0.717) is 6.07 Å². The Bertz CT molecular complexity index is 705. The average Bonchev–Trinajstić information content (AvgIpc) is 2.14. The molecule has 0 amide bonds. The molecule has 0 saturated carbocycles. The van der Waals surface area contributed by atoms with Gasteiger partial charge in [-0.15, -0.1) is 0 Å². The number of benzene rings is 1. The minimum absolute atomic E-state index is 0.0429. The largest absolute Gasteiger partial charge is 0.321 e. The van der Waals surface area contributed by atoms with Crippen LogP contribution in [0.5, 0.6) is 0 Å². The predicted octanol–water partition coefficient (Wildman–Crippen LogP) is 4.32. The third-order valence-corrected chi connectivity index (χ3v) is 3.32. The Morgan fingerprint density at radius 1 is 1.00 bits per heavy atom. The van der Waals surface area contributed by atoms with Crippen molar-refractivity contribution in [2.75, 3.05) is 0 Å². The van der Waals surface area contributed by atoms with Gasteiger partial charge in [0, 0.05) is 10.9 Å². The van der Waals surface area contributed by atoms with E-state index in [9.17, 15) is 28.6 Å². The third kappa shape index (κ3) is 2.30. The highest BCUT2D eigenvalue weighted by atomic mass is 32.5. The van der Waals surface area contributed by atoms with Gasteiger partial charge >= 0.3 is 10.2 Å². The van der Waals surface area contributed by atoms with Crippen LogP contribution in [0.3, 0.4) is 0 Å². The van der Waals surface area contributed by atoms with E-state index in [1.165, 1.54) is 0 Å². The molecule has 2 rings (SSSR count). The first-order chi connectivity index (χ1) is 7.86. The highest BCUT2D eigenvalue weighted by Crippen LogP contribution is 3.01. The normalized spacial score (nSPS) is 16.3. The molecule has 0 radical (unpaired) electrons. The van der Waals surface area contributed by atoms with Crippen LogP contribution in [-0.2, 0) is 0 Å². The summed E-state index contributed by atoms with van der Waals surface area (Å²) in [6.45, 7) is 0. The lowest BCUT2D eigenvalue weighted by Crippen LogP contribution is -2.20. The second kappa shape index (κ2) is 2.85. The quantitative estimate of drug-likeness (QED) is 0.779. The maximum atomic E-state index is 12.8. The summed E-state index contributed by atoms with van der Waals surface area (Å²) in [6, 6.07) is 2.45. The van der Waals surface area contributed by atoms with Crippen molar-refractivity contribution < 1.29 is 23.8 Å². The first-order valence-electron chi connectivity index (χ1n) is 4.43. The van der Waals surface area contributed by atoms with Gasteiger partial charge < -0.3 is 4.98 Å². The standard InChI is InChI=1S/C9H5F6NOS/c10-6-1-2-7-5(3-6)4-8(9(17)16-7)18(11,12,13,14)15/h1-4H,(H,16,17). The van der Waals surface area contributed by atoms with Crippen LogP contribution >= 0.6 is 10.2 Å². The maximum absolute atomic E-state index is 12.8. The summed E-state index contributed by atoms with van der Waals surface area (Å²) in [4.78, 5) is 10.1. The van der Waals surface area contributed by atoms with Crippen LogP contribution in [0.4, 0.5) is 23.8 Å². The molecule has 1 aromatic heterocycles. The summed E-state index contributed by atoms with van der Waals surface area (Å²) in [5, 5.41) is -0.460. The van der Waals surface area contributed by atoms with Crippen molar-refractivity contribution in [3.63, 3.8) is 0 Å². The zero-order valence-corrected chi connectivity index (χ0v) is 9.21. The average molecular weight is 289 g/mol. The number of fused-ring (bicyclic) bond motifs is 1. The Kier molecular flexibility index (Phi) is 2.03. The molecule has 1 heterocycles. The Morgan fingerprint density at radius 3 is 2.17 bits per heavy atom. The minimum Gasteiger partial charge on any atom is -0.321 e. The van der Waals surface area contributed by atoms with E-state index in [-0.39, 0.29) is 11.6 Å². The zero-order chi connectivity index (χ0) is 13.8. The molecule has 2 nitrogen and oxygen atoms in total. The molecule has 18 heavy (non-hydrogen) atoms. The summed E-state index contributed by atoms with van der Waals surface area (Å²) in [5.74, 6) is -0.900. The molecule has 0 saturated heterocycles. The summed E-state index contributed by atoms with van der Waals surface area (Å²) >= 11 is 0. The van der Waals surface area contributed by atoms with E-state index < -0.39 is 31.9 Å². The van der Waals surface area contributed by atoms with Crippen molar-refractivity contribution in [1.82, 2.24) is 4.98 Å². The van der Waals surface area contributed by atoms with E-state index in [2.05, 4.69) is 0 Å². The Balaban J connectivity index is 2.91. The van der Waals surface area contributed by atoms with Crippen LogP contribution in [-0.4, -0.2) is 4.98 Å². The highest BCUT2D eigenvalue weighted by molar-refractivity contribution is 8.45. The smallest absolute Gasteiger partial charge is 0.315 e. The second-order valence-corrected chi connectivity index (χ2v) is 6.04. The van der Waals surface area contributed by atoms with E-state index in [1.807, 2.05) is 0 Å². The van der Waals surface area contributed by atoms with Crippen LogP contribution < -0.4 is 5.56 Å². The lowest BCUT2D eigenvalue weighted by Gasteiger charge is -2.39. The lowest BCUT2D eigenvalue weighted by atomic mass is 10.2. The van der Waals surface area contributed by atoms with Gasteiger partial charge in [-0.2, -0.15) is 0 Å². The van der Waals surface area contributed by atoms with E-state index in [0.717, 1.165) is 12.1 Å². The number of aromatic nitrogens is 1. The monoisotopic (exact) mass is 289 g/mol. The number of hydrogen-bond acceptors (Lipinski definition) is 1. The fraction of sp³-hybridized carbons (Fsp3) is 0. The molecule has 0 bridgehead atoms. The molecule has 0 aliphatic rings. The molecule has 0 spiro atoms. The van der Waals surface area contributed by atoms with Gasteiger partial charge in [0.2, 0.25) is 0 Å². The van der Waals surface area contributed by atoms with E-state index in [4.69, 9.17) is 0 Å². The number of nitrogens with one attached hydrogen (secondary N) is 1. The minimum atomic E-state index is -10.1. The number of aromatic amines is 1. The van der Waals surface area contributed by atoms with Gasteiger partial charge in [0.15, 0.2) is 4.90 Å². The van der Waals surface area contributed by atoms with Crippen LogP contribution in [0.1, 0.15) is 0 Å². The van der Waals surface area contributed by atoms with Gasteiger partial charge in [-0.25, -0.2) is 4.39 Å². The Labute approximate surface area is 96.0 Å². The summed E-state index contributed by atoms with van der Waals surface area (Å²) < 4.78 is 75.4. The van der Waals surface area contributed by atoms with Crippen LogP contribution in [0.2, 0.25) is 0 Å². The number of halogens is 6. The number of rotatable bonds is 1. The van der Waals surface area contributed by atoms with Gasteiger partial charge in [-0.05, 0) is 24.3 Å². The number of hydrogen-bond donors (Lipinski definition) is 1. The molecule has 100 valence electrons. The first kappa shape index (κ1) is 12.8. The Morgan fingerprint density at radius 2 is 1.61 bits per heavy atom. The molecule has 0 aliphatic carbocycles. The van der Waals surface area contributed by atoms with Crippen LogP contribution in [0, 0.1) is 5.82 Å². The van der Waals surface area contributed by atoms with Crippen molar-refractivity contribution in [1.29, 1.82) is 0 Å². The fourth-order valence-electron chi connectivity index (χ4n) is 1.44. The molecular formula is C9H5F6NOS. The van der Waals surface area contributed by atoms with Crippen molar-refractivity contribution in [2.24, 2.45) is 0 Å². The van der Waals surface area contributed by atoms with Gasteiger partial charge in [0.05, 0.1) is 0 Å². The number of H-pyrrole nitrogens is 1. The molecule has 0 fully saturated rings. The Hall–Kier alpha value is -1.64. The van der Waals surface area contributed by atoms with Crippen molar-refractivity contribution >= 4 is 21.1 Å². The molecule has 9 heteroatoms. The highest BCUT2D eigenvalue weighted by Gasteiger charge is 2.67. The lowest BCUT2D eigenvalue weighted by molar-refractivity contribution is 0.362. The van der Waals surface area contributed by atoms with Gasteiger partial charge in [0.25, 0.3) is 5.56 Å². The molecule has 0 aliphatic heterocycles. The van der Waals surface area contributed by atoms with Crippen LogP contribution in [0.25, 0.3) is 10.9 Å². The van der Waals surface area contributed by atoms with Gasteiger partial charge in [-0.3, -0.25) is 4.79 Å². The van der Waals surface area contributed by atoms with Gasteiger partial charge in [0.1, 0.15) is 5.82 Å². The van der Waals surface area contributed by atoms with E-state index >= 15 is 0 Å². The SMILES string of the molecule is O=c1[nH]c2ccc(F)cc2cc1S(F)(F)(F)(F)F. The van der Waals surface area contributed by atoms with Crippen molar-refractivity contribution in [3.8, 4) is 0 Å². The molecule has 1 N–H and O–H groups in total. The molecular weight excluding hydrogens is 284 g/mol. The zero-order valence-electron chi connectivity index (χ0n) is 8.39. The van der Waals surface area contributed by atoms with Crippen molar-refractivity contribution in [3.05, 3.63) is 40.4 Å². The number of pyridine rings is 1. The summed E-state index contributed by atoms with van der Waals surface area (Å²) in [5.41, 5.74) is -2.11. The first-order valence-corrected chi connectivity index (χ1v) is 6.39. The maximum Gasteiger partial charge on any atom is 0.315 e. The van der Waals surface area contributed by atoms with Crippen LogP contribution in [0.15, 0.2) is 34.0 Å². The summed E-state index contributed by atoms with van der Waals surface area (Å²) in [7, 11) is -10.1. The molecule has 2 aromatic rings. The molecule has 1 aromatic carbocycles. The van der Waals surface area contributed by atoms with Gasteiger partial charge in [-0.1, -0.05) is 19.4 Å². The fourth-order valence-corrected chi connectivity index (χ4v) is 2.20.